The molecule has 3 heterocycles. The summed E-state index contributed by atoms with van der Waals surface area (Å²) >= 11 is 0. The first kappa shape index (κ1) is 24.0. The number of fused-ring (bicyclic) bond motifs is 1. The Bertz CT molecular complexity index is 1370. The Hall–Kier alpha value is -3.72. The molecule has 0 spiro atoms. The van der Waals surface area contributed by atoms with Gasteiger partial charge >= 0.3 is 0 Å². The number of aromatic amines is 1. The van der Waals surface area contributed by atoms with E-state index in [4.69, 9.17) is 9.47 Å². The van der Waals surface area contributed by atoms with Crippen molar-refractivity contribution in [3.63, 3.8) is 0 Å². The second kappa shape index (κ2) is 10.5. The van der Waals surface area contributed by atoms with E-state index < -0.39 is 0 Å². The number of methoxy groups -OCH3 is 1. The van der Waals surface area contributed by atoms with Gasteiger partial charge in [0.2, 0.25) is 0 Å². The van der Waals surface area contributed by atoms with Gasteiger partial charge in [0, 0.05) is 16.5 Å². The Balaban J connectivity index is 1.57. The van der Waals surface area contributed by atoms with Gasteiger partial charge in [-0.3, -0.25) is 9.69 Å². The minimum Gasteiger partial charge on any atom is -0.497 e. The maximum atomic E-state index is 13.4. The summed E-state index contributed by atoms with van der Waals surface area (Å²) in [5.74, 6) is 2.88. The van der Waals surface area contributed by atoms with Gasteiger partial charge in [-0.25, -0.2) is 4.68 Å². The number of piperidine rings is 1. The predicted octanol–water partition coefficient (Wildman–Crippen LogP) is 3.79. The van der Waals surface area contributed by atoms with Crippen molar-refractivity contribution in [3.8, 4) is 11.5 Å². The van der Waals surface area contributed by atoms with E-state index in [-0.39, 0.29) is 11.6 Å². The molecule has 0 aliphatic carbocycles. The highest BCUT2D eigenvalue weighted by atomic mass is 16.5. The summed E-state index contributed by atoms with van der Waals surface area (Å²) < 4.78 is 12.8. The zero-order chi connectivity index (χ0) is 25.1. The monoisotopic (exact) mass is 488 g/mol. The van der Waals surface area contributed by atoms with Gasteiger partial charge in [0.05, 0.1) is 20.3 Å². The molecule has 0 saturated carbocycles. The molecule has 0 radical (unpaired) electrons. The first-order valence-electron chi connectivity index (χ1n) is 12.5. The summed E-state index contributed by atoms with van der Waals surface area (Å²) in [5, 5.41) is 13.7. The van der Waals surface area contributed by atoms with Gasteiger partial charge in [-0.05, 0) is 91.2 Å². The van der Waals surface area contributed by atoms with E-state index in [1.807, 2.05) is 55.5 Å². The fraction of sp³-hybridized carbons (Fsp3) is 0.407. The molecule has 2 aromatic heterocycles. The van der Waals surface area contributed by atoms with Crippen LogP contribution in [0.3, 0.4) is 0 Å². The van der Waals surface area contributed by atoms with Gasteiger partial charge in [-0.15, -0.1) is 5.10 Å². The Kier molecular flexibility index (Phi) is 6.99. The summed E-state index contributed by atoms with van der Waals surface area (Å²) in [6.45, 7) is 7.05. The zero-order valence-corrected chi connectivity index (χ0v) is 21.0. The molecule has 4 aromatic rings. The normalized spacial score (nSPS) is 15.8. The molecule has 0 amide bonds. The lowest BCUT2D eigenvalue weighted by Crippen LogP contribution is -2.40. The number of likely N-dealkylation sites (tertiary alicyclic amines) is 1. The quantitative estimate of drug-likeness (QED) is 0.403. The van der Waals surface area contributed by atoms with E-state index in [2.05, 4.69) is 32.3 Å². The van der Waals surface area contributed by atoms with Crippen molar-refractivity contribution < 1.29 is 9.47 Å². The maximum absolute atomic E-state index is 13.4. The summed E-state index contributed by atoms with van der Waals surface area (Å²) in [7, 11) is 1.65. The van der Waals surface area contributed by atoms with Crippen molar-refractivity contribution in [2.24, 2.45) is 5.92 Å². The molecule has 1 atom stereocenters. The van der Waals surface area contributed by atoms with Crippen LogP contribution in [0.1, 0.15) is 49.7 Å². The average molecular weight is 489 g/mol. The molecule has 36 heavy (non-hydrogen) atoms. The molecule has 1 aliphatic rings. The lowest BCUT2D eigenvalue weighted by molar-refractivity contribution is 0.149. The van der Waals surface area contributed by atoms with Crippen molar-refractivity contribution in [1.29, 1.82) is 0 Å². The van der Waals surface area contributed by atoms with Crippen LogP contribution in [-0.2, 0) is 6.54 Å². The number of tetrazole rings is 1. The standard InChI is InChI=1S/C27H32N6O3/c1-4-36-22-9-10-24-20(15-22)16-23(27(34)28-24)25(32-13-11-18(2)12-14-32)26-29-30-31-33(26)17-19-5-7-21(35-3)8-6-19/h5-10,15-16,18,25H,4,11-14,17H2,1-3H3,(H,28,34). The molecule has 188 valence electrons. The molecule has 1 fully saturated rings. The third kappa shape index (κ3) is 4.97. The van der Waals surface area contributed by atoms with Gasteiger partial charge in [-0.1, -0.05) is 19.1 Å². The van der Waals surface area contributed by atoms with Crippen LogP contribution >= 0.6 is 0 Å². The Labute approximate surface area is 210 Å². The molecule has 9 nitrogen and oxygen atoms in total. The molecular weight excluding hydrogens is 456 g/mol. The second-order valence-electron chi connectivity index (χ2n) is 9.40. The summed E-state index contributed by atoms with van der Waals surface area (Å²) in [4.78, 5) is 18.8. The lowest BCUT2D eigenvalue weighted by Gasteiger charge is -2.35. The molecule has 9 heteroatoms. The van der Waals surface area contributed by atoms with Gasteiger partial charge < -0.3 is 14.5 Å². The van der Waals surface area contributed by atoms with Crippen LogP contribution in [0.4, 0.5) is 0 Å². The molecule has 2 aromatic carbocycles. The molecule has 1 N–H and O–H groups in total. The van der Waals surface area contributed by atoms with Gasteiger partial charge in [-0.2, -0.15) is 0 Å². The molecule has 1 unspecified atom stereocenters. The van der Waals surface area contributed by atoms with Crippen LogP contribution in [0, 0.1) is 5.92 Å². The topological polar surface area (TPSA) is 98.2 Å². The van der Waals surface area contributed by atoms with Crippen LogP contribution in [0.15, 0.2) is 53.3 Å². The van der Waals surface area contributed by atoms with Crippen LogP contribution in [0.25, 0.3) is 10.9 Å². The SMILES string of the molecule is CCOc1ccc2[nH]c(=O)c(C(c3nnnn3Cc3ccc(OC)cc3)N3CCC(C)CC3)cc2c1. The average Bonchev–Trinajstić information content (AvgIpc) is 3.34. The molecule has 1 saturated heterocycles. The Morgan fingerprint density at radius 2 is 1.83 bits per heavy atom. The van der Waals surface area contributed by atoms with Crippen molar-refractivity contribution in [1.82, 2.24) is 30.1 Å². The van der Waals surface area contributed by atoms with E-state index in [1.54, 1.807) is 11.8 Å². The van der Waals surface area contributed by atoms with Gasteiger partial charge in [0.25, 0.3) is 5.56 Å². The number of pyridine rings is 1. The fourth-order valence-electron chi connectivity index (χ4n) is 4.87. The number of benzene rings is 2. The van der Waals surface area contributed by atoms with Crippen molar-refractivity contribution in [2.45, 2.75) is 39.3 Å². The van der Waals surface area contributed by atoms with Crippen molar-refractivity contribution in [2.75, 3.05) is 26.8 Å². The van der Waals surface area contributed by atoms with Crippen LogP contribution in [0.2, 0.25) is 0 Å². The lowest BCUT2D eigenvalue weighted by atomic mass is 9.95. The number of nitrogens with one attached hydrogen (secondary N) is 1. The molecule has 5 rings (SSSR count). The number of ether oxygens (including phenoxy) is 2. The smallest absolute Gasteiger partial charge is 0.253 e. The summed E-state index contributed by atoms with van der Waals surface area (Å²) in [6.07, 6.45) is 2.13. The predicted molar refractivity (Wildman–Crippen MR) is 137 cm³/mol. The van der Waals surface area contributed by atoms with Crippen LogP contribution in [0.5, 0.6) is 11.5 Å². The third-order valence-corrected chi connectivity index (χ3v) is 6.93. The number of H-pyrrole nitrogens is 1. The fourth-order valence-corrected chi connectivity index (χ4v) is 4.87. The van der Waals surface area contributed by atoms with E-state index in [0.29, 0.717) is 30.5 Å². The summed E-state index contributed by atoms with van der Waals surface area (Å²) in [6, 6.07) is 15.2. The van der Waals surface area contributed by atoms with Crippen LogP contribution < -0.4 is 15.0 Å². The Morgan fingerprint density at radius 3 is 2.56 bits per heavy atom. The number of nitrogens with zero attached hydrogens (tertiary/aromatic N) is 5. The first-order chi connectivity index (χ1) is 17.6. The Morgan fingerprint density at radius 1 is 1.08 bits per heavy atom. The number of hydrogen-bond donors (Lipinski definition) is 1. The van der Waals surface area contributed by atoms with Crippen molar-refractivity contribution in [3.05, 3.63) is 75.8 Å². The highest BCUT2D eigenvalue weighted by Crippen LogP contribution is 2.31. The molecular formula is C27H32N6O3. The highest BCUT2D eigenvalue weighted by Gasteiger charge is 2.32. The van der Waals surface area contributed by atoms with E-state index in [9.17, 15) is 4.79 Å². The van der Waals surface area contributed by atoms with Gasteiger partial charge in [0.1, 0.15) is 17.5 Å². The molecule has 0 bridgehead atoms. The van der Waals surface area contributed by atoms with E-state index >= 15 is 0 Å². The maximum Gasteiger partial charge on any atom is 0.253 e. The number of rotatable bonds is 8. The van der Waals surface area contributed by atoms with Crippen LogP contribution in [-0.4, -0.2) is 56.9 Å². The summed E-state index contributed by atoms with van der Waals surface area (Å²) in [5.41, 5.74) is 2.32. The zero-order valence-electron chi connectivity index (χ0n) is 21.0. The minimum atomic E-state index is -0.366. The number of hydrogen-bond acceptors (Lipinski definition) is 7. The van der Waals surface area contributed by atoms with E-state index in [1.165, 1.54) is 0 Å². The van der Waals surface area contributed by atoms with Gasteiger partial charge in [0.15, 0.2) is 5.82 Å². The van der Waals surface area contributed by atoms with Crippen molar-refractivity contribution >= 4 is 10.9 Å². The number of aromatic nitrogens is 5. The molecule has 1 aliphatic heterocycles. The highest BCUT2D eigenvalue weighted by molar-refractivity contribution is 5.80. The second-order valence-corrected chi connectivity index (χ2v) is 9.40. The first-order valence-corrected chi connectivity index (χ1v) is 12.5. The minimum absolute atomic E-state index is 0.130. The third-order valence-electron chi connectivity index (χ3n) is 6.93. The largest absolute Gasteiger partial charge is 0.497 e. The van der Waals surface area contributed by atoms with E-state index in [0.717, 1.165) is 53.9 Å².